The SMILES string of the molecule is CCOC(=O)[C@H]1[C@H]2C(=O)N([C@@H](CO)[C@@H](C)CC)C(C(=O)Nc3ccc(Cl)cc3)C23CC[C@]1(C)O3. The number of carbonyl (C=O) groups excluding carboxylic acids is 3. The summed E-state index contributed by atoms with van der Waals surface area (Å²) in [6, 6.07) is 5.13. The zero-order chi connectivity index (χ0) is 24.8. The van der Waals surface area contributed by atoms with Crippen molar-refractivity contribution >= 4 is 35.1 Å². The number of rotatable bonds is 8. The van der Waals surface area contributed by atoms with E-state index in [1.54, 1.807) is 31.2 Å². The van der Waals surface area contributed by atoms with E-state index in [-0.39, 0.29) is 25.0 Å². The maximum Gasteiger partial charge on any atom is 0.312 e. The Balaban J connectivity index is 1.78. The Hall–Kier alpha value is -2.16. The zero-order valence-corrected chi connectivity index (χ0v) is 20.8. The lowest BCUT2D eigenvalue weighted by molar-refractivity contribution is -0.160. The van der Waals surface area contributed by atoms with Gasteiger partial charge in [0.25, 0.3) is 0 Å². The molecule has 1 spiro atoms. The highest BCUT2D eigenvalue weighted by molar-refractivity contribution is 6.30. The van der Waals surface area contributed by atoms with Crippen molar-refractivity contribution in [3.63, 3.8) is 0 Å². The van der Waals surface area contributed by atoms with Gasteiger partial charge in [0.2, 0.25) is 11.8 Å². The summed E-state index contributed by atoms with van der Waals surface area (Å²) < 4.78 is 11.9. The summed E-state index contributed by atoms with van der Waals surface area (Å²) in [5.41, 5.74) is -1.52. The van der Waals surface area contributed by atoms with Crippen molar-refractivity contribution in [1.29, 1.82) is 0 Å². The summed E-state index contributed by atoms with van der Waals surface area (Å²) >= 11 is 5.98. The van der Waals surface area contributed by atoms with Crippen molar-refractivity contribution in [3.05, 3.63) is 29.3 Å². The number of aliphatic hydroxyl groups is 1. The third-order valence-electron chi connectivity index (χ3n) is 7.96. The minimum absolute atomic E-state index is 0.0659. The van der Waals surface area contributed by atoms with Crippen LogP contribution in [0.2, 0.25) is 5.02 Å². The summed E-state index contributed by atoms with van der Waals surface area (Å²) in [4.78, 5) is 42.3. The number of nitrogens with one attached hydrogen (secondary N) is 1. The lowest BCUT2D eigenvalue weighted by atomic mass is 9.66. The number of nitrogens with zero attached hydrogens (tertiary/aromatic N) is 1. The largest absolute Gasteiger partial charge is 0.466 e. The standard InChI is InChI=1S/C25H33ClN2O6/c1-5-14(3)17(13-29)28-20(21(30)27-16-9-7-15(26)8-10-16)25-12-11-24(4,34-25)19(18(25)22(28)31)23(32)33-6-2/h7-10,14,17-20,29H,5-6,11-13H2,1-4H3,(H,27,30)/t14-,17-,18-,19+,20?,24-,25?/m0/s1. The molecule has 2 bridgehead atoms. The van der Waals surface area contributed by atoms with Gasteiger partial charge in [0.15, 0.2) is 0 Å². The van der Waals surface area contributed by atoms with Gasteiger partial charge < -0.3 is 24.8 Å². The van der Waals surface area contributed by atoms with Crippen LogP contribution in [0.3, 0.4) is 0 Å². The smallest absolute Gasteiger partial charge is 0.312 e. The van der Waals surface area contributed by atoms with Crippen molar-refractivity contribution in [2.45, 2.75) is 70.2 Å². The minimum Gasteiger partial charge on any atom is -0.466 e. The van der Waals surface area contributed by atoms with E-state index >= 15 is 0 Å². The third kappa shape index (κ3) is 3.71. The third-order valence-corrected chi connectivity index (χ3v) is 8.21. The monoisotopic (exact) mass is 492 g/mol. The van der Waals surface area contributed by atoms with Gasteiger partial charge in [-0.25, -0.2) is 0 Å². The zero-order valence-electron chi connectivity index (χ0n) is 20.0. The Morgan fingerprint density at radius 3 is 2.56 bits per heavy atom. The first-order valence-electron chi connectivity index (χ1n) is 12.0. The molecule has 2 N–H and O–H groups in total. The highest BCUT2D eigenvalue weighted by Crippen LogP contribution is 2.63. The number of carbonyl (C=O) groups is 3. The molecule has 4 rings (SSSR count). The Morgan fingerprint density at radius 2 is 1.97 bits per heavy atom. The second kappa shape index (κ2) is 9.13. The molecule has 0 aliphatic carbocycles. The number of hydrogen-bond acceptors (Lipinski definition) is 6. The summed E-state index contributed by atoms with van der Waals surface area (Å²) in [7, 11) is 0. The summed E-state index contributed by atoms with van der Waals surface area (Å²) in [6.45, 7) is 7.35. The van der Waals surface area contributed by atoms with Crippen LogP contribution in [0.4, 0.5) is 5.69 Å². The van der Waals surface area contributed by atoms with Crippen LogP contribution in [0.1, 0.15) is 47.0 Å². The number of amides is 2. The van der Waals surface area contributed by atoms with E-state index in [9.17, 15) is 19.5 Å². The van der Waals surface area contributed by atoms with Crippen LogP contribution in [0.15, 0.2) is 24.3 Å². The molecule has 3 heterocycles. The molecule has 34 heavy (non-hydrogen) atoms. The molecule has 3 saturated heterocycles. The van der Waals surface area contributed by atoms with E-state index in [1.807, 2.05) is 20.8 Å². The van der Waals surface area contributed by atoms with Crippen LogP contribution in [-0.4, -0.2) is 64.3 Å². The topological polar surface area (TPSA) is 105 Å². The summed E-state index contributed by atoms with van der Waals surface area (Å²) in [5, 5.41) is 13.7. The van der Waals surface area contributed by atoms with E-state index in [0.717, 1.165) is 0 Å². The van der Waals surface area contributed by atoms with Crippen molar-refractivity contribution < 1.29 is 29.0 Å². The van der Waals surface area contributed by atoms with Gasteiger partial charge >= 0.3 is 5.97 Å². The number of ether oxygens (including phenoxy) is 2. The van der Waals surface area contributed by atoms with Crippen LogP contribution in [-0.2, 0) is 23.9 Å². The van der Waals surface area contributed by atoms with Crippen molar-refractivity contribution in [2.24, 2.45) is 17.8 Å². The Labute approximate surface area is 204 Å². The molecule has 2 unspecified atom stereocenters. The predicted molar refractivity (Wildman–Crippen MR) is 126 cm³/mol. The number of esters is 1. The van der Waals surface area contributed by atoms with Gasteiger partial charge in [-0.3, -0.25) is 14.4 Å². The average Bonchev–Trinajstić information content (AvgIpc) is 3.37. The molecule has 3 aliphatic rings. The maximum absolute atomic E-state index is 14.0. The van der Waals surface area contributed by atoms with E-state index in [0.29, 0.717) is 30.0 Å². The van der Waals surface area contributed by atoms with E-state index in [2.05, 4.69) is 5.32 Å². The fourth-order valence-corrected chi connectivity index (χ4v) is 6.29. The Morgan fingerprint density at radius 1 is 1.29 bits per heavy atom. The number of benzene rings is 1. The number of halogens is 1. The average molecular weight is 493 g/mol. The van der Waals surface area contributed by atoms with Gasteiger partial charge in [-0.05, 0) is 56.9 Å². The summed E-state index contributed by atoms with van der Waals surface area (Å²) in [5.74, 6) is -2.94. The Kier molecular flexibility index (Phi) is 6.70. The lowest BCUT2D eigenvalue weighted by Gasteiger charge is -2.39. The van der Waals surface area contributed by atoms with Crippen molar-refractivity contribution in [1.82, 2.24) is 4.90 Å². The van der Waals surface area contributed by atoms with Gasteiger partial charge in [0.1, 0.15) is 17.6 Å². The number of fused-ring (bicyclic) bond motifs is 1. The number of hydrogen-bond donors (Lipinski definition) is 2. The minimum atomic E-state index is -1.17. The lowest BCUT2D eigenvalue weighted by Crippen LogP contribution is -2.57. The van der Waals surface area contributed by atoms with E-state index < -0.39 is 47.0 Å². The van der Waals surface area contributed by atoms with E-state index in [1.165, 1.54) is 4.90 Å². The van der Waals surface area contributed by atoms with Gasteiger partial charge in [-0.1, -0.05) is 31.9 Å². The highest BCUT2D eigenvalue weighted by atomic mass is 35.5. The Bertz CT molecular complexity index is 971. The van der Waals surface area contributed by atoms with E-state index in [4.69, 9.17) is 21.1 Å². The van der Waals surface area contributed by atoms with Crippen LogP contribution < -0.4 is 5.32 Å². The van der Waals surface area contributed by atoms with Gasteiger partial charge in [0, 0.05) is 10.7 Å². The first-order chi connectivity index (χ1) is 16.1. The molecule has 3 fully saturated rings. The second-order valence-corrected chi connectivity index (χ2v) is 10.3. The molecule has 0 saturated carbocycles. The van der Waals surface area contributed by atoms with Crippen LogP contribution >= 0.6 is 11.6 Å². The maximum atomic E-state index is 14.0. The van der Waals surface area contributed by atoms with Gasteiger partial charge in [-0.15, -0.1) is 0 Å². The fraction of sp³-hybridized carbons (Fsp3) is 0.640. The fourth-order valence-electron chi connectivity index (χ4n) is 6.17. The molecule has 9 heteroatoms. The van der Waals surface area contributed by atoms with Crippen molar-refractivity contribution in [2.75, 3.05) is 18.5 Å². The summed E-state index contributed by atoms with van der Waals surface area (Å²) in [6.07, 6.45) is 1.70. The molecule has 0 aromatic heterocycles. The van der Waals surface area contributed by atoms with Crippen LogP contribution in [0.5, 0.6) is 0 Å². The molecule has 1 aromatic carbocycles. The first kappa shape index (κ1) is 24.9. The van der Waals surface area contributed by atoms with Crippen LogP contribution in [0, 0.1) is 17.8 Å². The number of likely N-dealkylation sites (tertiary alicyclic amines) is 1. The molecule has 0 radical (unpaired) electrons. The van der Waals surface area contributed by atoms with Crippen molar-refractivity contribution in [3.8, 4) is 0 Å². The molecular weight excluding hydrogens is 460 g/mol. The molecular formula is C25H33ClN2O6. The molecule has 8 nitrogen and oxygen atoms in total. The number of anilines is 1. The highest BCUT2D eigenvalue weighted by Gasteiger charge is 2.78. The molecule has 2 amide bonds. The molecule has 7 atom stereocenters. The predicted octanol–water partition coefficient (Wildman–Crippen LogP) is 3.01. The second-order valence-electron chi connectivity index (χ2n) is 9.86. The molecule has 3 aliphatic heterocycles. The van der Waals surface area contributed by atoms with Gasteiger partial charge in [0.05, 0.1) is 30.8 Å². The quantitative estimate of drug-likeness (QED) is 0.540. The van der Waals surface area contributed by atoms with Crippen LogP contribution in [0.25, 0.3) is 0 Å². The first-order valence-corrected chi connectivity index (χ1v) is 12.4. The molecule has 186 valence electrons. The molecule has 1 aromatic rings. The van der Waals surface area contributed by atoms with Gasteiger partial charge in [-0.2, -0.15) is 0 Å². The normalized spacial score (nSPS) is 33.5. The number of aliphatic hydroxyl groups excluding tert-OH is 1.